The van der Waals surface area contributed by atoms with Gasteiger partial charge in [-0.2, -0.15) is 5.10 Å². The van der Waals surface area contributed by atoms with E-state index in [0.717, 1.165) is 61.0 Å². The highest BCUT2D eigenvalue weighted by molar-refractivity contribution is 5.45. The maximum atomic E-state index is 4.55. The van der Waals surface area contributed by atoms with Gasteiger partial charge in [-0.1, -0.05) is 0 Å². The summed E-state index contributed by atoms with van der Waals surface area (Å²) in [4.78, 5) is 18.1. The Kier molecular flexibility index (Phi) is 4.35. The first-order valence-corrected chi connectivity index (χ1v) is 9.94. The normalized spacial score (nSPS) is 22.1. The summed E-state index contributed by atoms with van der Waals surface area (Å²) in [6.45, 7) is 10.7. The van der Waals surface area contributed by atoms with E-state index >= 15 is 0 Å². The average Bonchev–Trinajstić information content (AvgIpc) is 3.44. The van der Waals surface area contributed by atoms with E-state index in [1.165, 1.54) is 13.1 Å². The number of aryl methyl sites for hydroxylation is 2. The van der Waals surface area contributed by atoms with Crippen LogP contribution < -0.4 is 4.90 Å². The SMILES string of the molecule is Cc1cc(C)n(-c2cc(N3CC4CN(CCn5ccnc5)CC4C3)ncn2)n1. The van der Waals surface area contributed by atoms with Crippen molar-refractivity contribution in [2.45, 2.75) is 20.4 Å². The summed E-state index contributed by atoms with van der Waals surface area (Å²) in [5.41, 5.74) is 2.10. The van der Waals surface area contributed by atoms with Gasteiger partial charge in [-0.3, -0.25) is 0 Å². The van der Waals surface area contributed by atoms with E-state index in [0.29, 0.717) is 0 Å². The summed E-state index contributed by atoms with van der Waals surface area (Å²) < 4.78 is 4.05. The first-order valence-electron chi connectivity index (χ1n) is 9.94. The fraction of sp³-hybridized carbons (Fsp3) is 0.500. The number of fused-ring (bicyclic) bond motifs is 1. The predicted octanol–water partition coefficient (Wildman–Crippen LogP) is 1.54. The molecule has 2 aliphatic heterocycles. The third-order valence-electron chi connectivity index (χ3n) is 5.98. The number of hydrogen-bond acceptors (Lipinski definition) is 6. The van der Waals surface area contributed by atoms with Crippen LogP contribution in [-0.2, 0) is 6.54 Å². The zero-order chi connectivity index (χ0) is 19.1. The Bertz CT molecular complexity index is 933. The molecule has 28 heavy (non-hydrogen) atoms. The van der Waals surface area contributed by atoms with Gasteiger partial charge in [0.25, 0.3) is 0 Å². The Morgan fingerprint density at radius 2 is 1.75 bits per heavy atom. The number of rotatable bonds is 5. The minimum atomic E-state index is 0.717. The smallest absolute Gasteiger partial charge is 0.159 e. The number of aromatic nitrogens is 6. The van der Waals surface area contributed by atoms with Gasteiger partial charge < -0.3 is 14.4 Å². The molecule has 0 radical (unpaired) electrons. The molecule has 0 aromatic carbocycles. The lowest BCUT2D eigenvalue weighted by Crippen LogP contribution is -2.31. The van der Waals surface area contributed by atoms with Crippen LogP contribution >= 0.6 is 0 Å². The van der Waals surface area contributed by atoms with Crippen LogP contribution in [0.3, 0.4) is 0 Å². The van der Waals surface area contributed by atoms with Crippen LogP contribution in [0.5, 0.6) is 0 Å². The van der Waals surface area contributed by atoms with Crippen molar-refractivity contribution in [1.29, 1.82) is 0 Å². The number of anilines is 1. The molecule has 0 N–H and O–H groups in total. The van der Waals surface area contributed by atoms with E-state index in [4.69, 9.17) is 0 Å². The van der Waals surface area contributed by atoms with Gasteiger partial charge >= 0.3 is 0 Å². The Morgan fingerprint density at radius 1 is 0.964 bits per heavy atom. The van der Waals surface area contributed by atoms with Crippen LogP contribution in [0.2, 0.25) is 0 Å². The van der Waals surface area contributed by atoms with E-state index in [1.807, 2.05) is 30.3 Å². The van der Waals surface area contributed by atoms with E-state index < -0.39 is 0 Å². The van der Waals surface area contributed by atoms with Gasteiger partial charge in [0.15, 0.2) is 5.82 Å². The van der Waals surface area contributed by atoms with Crippen molar-refractivity contribution in [3.8, 4) is 5.82 Å². The van der Waals surface area contributed by atoms with E-state index in [9.17, 15) is 0 Å². The largest absolute Gasteiger partial charge is 0.356 e. The Labute approximate surface area is 164 Å². The predicted molar refractivity (Wildman–Crippen MR) is 106 cm³/mol. The summed E-state index contributed by atoms with van der Waals surface area (Å²) >= 11 is 0. The second kappa shape index (κ2) is 7.01. The van der Waals surface area contributed by atoms with Crippen LogP contribution in [0.15, 0.2) is 37.2 Å². The average molecular weight is 378 g/mol. The van der Waals surface area contributed by atoms with Gasteiger partial charge in [0.05, 0.1) is 12.0 Å². The topological polar surface area (TPSA) is 67.9 Å². The molecule has 0 spiro atoms. The number of nitrogens with zero attached hydrogens (tertiary/aromatic N) is 8. The summed E-state index contributed by atoms with van der Waals surface area (Å²) in [6, 6.07) is 4.14. The van der Waals surface area contributed by atoms with Crippen LogP contribution in [0, 0.1) is 25.7 Å². The van der Waals surface area contributed by atoms with E-state index in [1.54, 1.807) is 6.33 Å². The maximum absolute atomic E-state index is 4.55. The van der Waals surface area contributed by atoms with Crippen molar-refractivity contribution >= 4 is 5.82 Å². The Hall–Kier alpha value is -2.74. The van der Waals surface area contributed by atoms with Crippen molar-refractivity contribution in [2.75, 3.05) is 37.6 Å². The fourth-order valence-electron chi connectivity index (χ4n) is 4.62. The second-order valence-corrected chi connectivity index (χ2v) is 8.06. The molecule has 146 valence electrons. The molecule has 2 aliphatic rings. The van der Waals surface area contributed by atoms with Gasteiger partial charge in [0.1, 0.15) is 12.1 Å². The number of likely N-dealkylation sites (tertiary alicyclic amines) is 1. The summed E-state index contributed by atoms with van der Waals surface area (Å²) in [5, 5.41) is 4.55. The second-order valence-electron chi connectivity index (χ2n) is 8.06. The highest BCUT2D eigenvalue weighted by atomic mass is 15.3. The lowest BCUT2D eigenvalue weighted by Gasteiger charge is -2.22. The third-order valence-corrected chi connectivity index (χ3v) is 5.98. The van der Waals surface area contributed by atoms with Gasteiger partial charge in [-0.25, -0.2) is 19.6 Å². The molecule has 2 atom stereocenters. The molecule has 3 aromatic rings. The first kappa shape index (κ1) is 17.4. The zero-order valence-corrected chi connectivity index (χ0v) is 16.4. The lowest BCUT2D eigenvalue weighted by molar-refractivity contribution is 0.302. The summed E-state index contributed by atoms with van der Waals surface area (Å²) in [5.74, 6) is 3.29. The van der Waals surface area contributed by atoms with Gasteiger partial charge in [-0.15, -0.1) is 0 Å². The van der Waals surface area contributed by atoms with Gasteiger partial charge in [0, 0.05) is 63.4 Å². The quantitative estimate of drug-likeness (QED) is 0.671. The molecule has 2 fully saturated rings. The molecular weight excluding hydrogens is 352 g/mol. The maximum Gasteiger partial charge on any atom is 0.159 e. The minimum Gasteiger partial charge on any atom is -0.356 e. The minimum absolute atomic E-state index is 0.717. The zero-order valence-electron chi connectivity index (χ0n) is 16.4. The van der Waals surface area contributed by atoms with Crippen LogP contribution in [0.4, 0.5) is 5.82 Å². The molecule has 8 nitrogen and oxygen atoms in total. The third kappa shape index (κ3) is 3.28. The molecule has 2 unspecified atom stereocenters. The highest BCUT2D eigenvalue weighted by Gasteiger charge is 2.40. The summed E-state index contributed by atoms with van der Waals surface area (Å²) in [7, 11) is 0. The molecule has 0 amide bonds. The first-order chi connectivity index (χ1) is 13.7. The number of hydrogen-bond donors (Lipinski definition) is 0. The van der Waals surface area contributed by atoms with Gasteiger partial charge in [0.2, 0.25) is 0 Å². The molecule has 5 heterocycles. The van der Waals surface area contributed by atoms with Crippen molar-refractivity contribution in [3.05, 3.63) is 48.6 Å². The standard InChI is InChI=1S/C20H26N8/c1-15-7-16(2)28(24-15)20-8-19(22-13-23-20)27-11-17-9-26(10-18(17)12-27)6-5-25-4-3-21-14-25/h3-4,7-8,13-14,17-18H,5-6,9-12H2,1-2H3. The highest BCUT2D eigenvalue weighted by Crippen LogP contribution is 2.33. The van der Waals surface area contributed by atoms with Crippen LogP contribution in [-0.4, -0.2) is 66.9 Å². The fourth-order valence-corrected chi connectivity index (χ4v) is 4.62. The van der Waals surface area contributed by atoms with Crippen LogP contribution in [0.25, 0.3) is 5.82 Å². The van der Waals surface area contributed by atoms with Crippen molar-refractivity contribution in [1.82, 2.24) is 34.2 Å². The van der Waals surface area contributed by atoms with E-state index in [-0.39, 0.29) is 0 Å². The Morgan fingerprint density at radius 3 is 2.43 bits per heavy atom. The lowest BCUT2D eigenvalue weighted by atomic mass is 10.0. The monoisotopic (exact) mass is 378 g/mol. The van der Waals surface area contributed by atoms with Crippen LogP contribution in [0.1, 0.15) is 11.4 Å². The molecule has 8 heteroatoms. The molecular formula is C20H26N8. The molecule has 0 saturated carbocycles. The molecule has 5 rings (SSSR count). The van der Waals surface area contributed by atoms with Gasteiger partial charge in [-0.05, 0) is 31.7 Å². The van der Waals surface area contributed by atoms with Crippen molar-refractivity contribution in [3.63, 3.8) is 0 Å². The van der Waals surface area contributed by atoms with Crippen molar-refractivity contribution in [2.24, 2.45) is 11.8 Å². The molecule has 0 bridgehead atoms. The molecule has 0 aliphatic carbocycles. The molecule has 2 saturated heterocycles. The Balaban J connectivity index is 1.23. The summed E-state index contributed by atoms with van der Waals surface area (Å²) in [6.07, 6.45) is 7.44. The van der Waals surface area contributed by atoms with E-state index in [2.05, 4.69) is 53.5 Å². The number of imidazole rings is 1. The van der Waals surface area contributed by atoms with Crippen molar-refractivity contribution < 1.29 is 0 Å². The molecule has 3 aromatic heterocycles.